The van der Waals surface area contributed by atoms with Gasteiger partial charge in [-0.1, -0.05) is 18.9 Å². The van der Waals surface area contributed by atoms with E-state index in [2.05, 4.69) is 10.3 Å². The molecule has 0 aliphatic heterocycles. The van der Waals surface area contributed by atoms with Gasteiger partial charge >= 0.3 is 5.97 Å². The number of rotatable bonds is 3. The third kappa shape index (κ3) is 2.47. The molecule has 1 heterocycles. The lowest BCUT2D eigenvalue weighted by Gasteiger charge is -2.38. The number of nitrogens with one attached hydrogen (secondary N) is 1. The highest BCUT2D eigenvalue weighted by molar-refractivity contribution is 5.76. The van der Waals surface area contributed by atoms with E-state index >= 15 is 0 Å². The van der Waals surface area contributed by atoms with Crippen molar-refractivity contribution in [1.82, 2.24) is 4.98 Å². The van der Waals surface area contributed by atoms with E-state index in [0.717, 1.165) is 37.1 Å². The molecule has 0 saturated heterocycles. The van der Waals surface area contributed by atoms with Gasteiger partial charge in [-0.15, -0.1) is 0 Å². The molecule has 2 unspecified atom stereocenters. The smallest absolute Gasteiger partial charge is 0.311 e. The second kappa shape index (κ2) is 4.96. The highest BCUT2D eigenvalue weighted by Crippen LogP contribution is 2.37. The molecule has 98 valence electrons. The summed E-state index contributed by atoms with van der Waals surface area (Å²) in [6.45, 7) is 3.82. The Hall–Kier alpha value is -1.58. The number of aromatic nitrogens is 1. The van der Waals surface area contributed by atoms with Gasteiger partial charge in [0.05, 0.1) is 5.41 Å². The minimum absolute atomic E-state index is 0.0426. The predicted octanol–water partition coefficient (Wildman–Crippen LogP) is 2.84. The Labute approximate surface area is 107 Å². The number of aliphatic carboxylic acids is 1. The van der Waals surface area contributed by atoms with Gasteiger partial charge in [0.1, 0.15) is 5.82 Å². The van der Waals surface area contributed by atoms with Crippen LogP contribution in [0.25, 0.3) is 0 Å². The largest absolute Gasteiger partial charge is 0.481 e. The first-order valence-electron chi connectivity index (χ1n) is 6.45. The molecule has 4 heteroatoms. The summed E-state index contributed by atoms with van der Waals surface area (Å²) in [4.78, 5) is 15.8. The molecule has 18 heavy (non-hydrogen) atoms. The zero-order chi connectivity index (χ0) is 13.2. The highest BCUT2D eigenvalue weighted by atomic mass is 16.4. The minimum atomic E-state index is -0.716. The zero-order valence-electron chi connectivity index (χ0n) is 10.9. The quantitative estimate of drug-likeness (QED) is 0.863. The lowest BCUT2D eigenvalue weighted by molar-refractivity contribution is -0.150. The van der Waals surface area contributed by atoms with E-state index in [-0.39, 0.29) is 6.04 Å². The SMILES string of the molecule is Cc1ccc(NC2CCCCC2(C)C(=O)O)nc1. The van der Waals surface area contributed by atoms with E-state index in [1.54, 1.807) is 6.20 Å². The molecule has 0 aromatic carbocycles. The van der Waals surface area contributed by atoms with Crippen molar-refractivity contribution in [3.8, 4) is 0 Å². The number of hydrogen-bond acceptors (Lipinski definition) is 3. The molecule has 0 amide bonds. The molecular weight excluding hydrogens is 228 g/mol. The molecule has 1 aliphatic rings. The monoisotopic (exact) mass is 248 g/mol. The van der Waals surface area contributed by atoms with Gasteiger partial charge in [0.25, 0.3) is 0 Å². The van der Waals surface area contributed by atoms with Crippen molar-refractivity contribution in [2.75, 3.05) is 5.32 Å². The second-order valence-electron chi connectivity index (χ2n) is 5.39. The molecule has 4 nitrogen and oxygen atoms in total. The molecule has 2 N–H and O–H groups in total. The van der Waals surface area contributed by atoms with Crippen molar-refractivity contribution >= 4 is 11.8 Å². The number of aryl methyl sites for hydroxylation is 1. The van der Waals surface area contributed by atoms with Gasteiger partial charge in [-0.3, -0.25) is 4.79 Å². The first-order chi connectivity index (χ1) is 8.52. The lowest BCUT2D eigenvalue weighted by atomic mass is 9.71. The highest BCUT2D eigenvalue weighted by Gasteiger charge is 2.43. The normalized spacial score (nSPS) is 27.8. The fraction of sp³-hybridized carbons (Fsp3) is 0.571. The lowest BCUT2D eigenvalue weighted by Crippen LogP contribution is -2.46. The van der Waals surface area contributed by atoms with Crippen molar-refractivity contribution in [1.29, 1.82) is 0 Å². The summed E-state index contributed by atoms with van der Waals surface area (Å²) in [6.07, 6.45) is 5.47. The fourth-order valence-corrected chi connectivity index (χ4v) is 2.55. The standard InChI is InChI=1S/C14H20N2O2/c1-10-6-7-12(15-9-10)16-11-5-3-4-8-14(11,2)13(17)18/h6-7,9,11H,3-5,8H2,1-2H3,(H,15,16)(H,17,18). The van der Waals surface area contributed by atoms with Gasteiger partial charge in [0.2, 0.25) is 0 Å². The molecule has 1 aromatic rings. The van der Waals surface area contributed by atoms with Crippen LogP contribution in [-0.2, 0) is 4.79 Å². The van der Waals surface area contributed by atoms with Gasteiger partial charge in [0.15, 0.2) is 0 Å². The van der Waals surface area contributed by atoms with Gasteiger partial charge in [0, 0.05) is 12.2 Å². The molecule has 1 saturated carbocycles. The topological polar surface area (TPSA) is 62.2 Å². The molecule has 2 atom stereocenters. The first-order valence-corrected chi connectivity index (χ1v) is 6.45. The average Bonchev–Trinajstić information content (AvgIpc) is 2.35. The summed E-state index contributed by atoms with van der Waals surface area (Å²) >= 11 is 0. The van der Waals surface area contributed by atoms with Crippen molar-refractivity contribution in [2.45, 2.75) is 45.6 Å². The minimum Gasteiger partial charge on any atom is -0.481 e. The maximum absolute atomic E-state index is 11.5. The van der Waals surface area contributed by atoms with Crippen LogP contribution in [0.5, 0.6) is 0 Å². The zero-order valence-corrected chi connectivity index (χ0v) is 10.9. The number of hydrogen-bond donors (Lipinski definition) is 2. The van der Waals surface area contributed by atoms with Crippen molar-refractivity contribution in [2.24, 2.45) is 5.41 Å². The molecule has 2 rings (SSSR count). The van der Waals surface area contributed by atoms with Crippen LogP contribution >= 0.6 is 0 Å². The van der Waals surface area contributed by atoms with E-state index in [4.69, 9.17) is 0 Å². The van der Waals surface area contributed by atoms with Crippen LogP contribution in [0, 0.1) is 12.3 Å². The maximum atomic E-state index is 11.5. The van der Waals surface area contributed by atoms with E-state index in [1.165, 1.54) is 0 Å². The van der Waals surface area contributed by atoms with Crippen LogP contribution in [0.4, 0.5) is 5.82 Å². The molecule has 1 aliphatic carbocycles. The first kappa shape index (κ1) is 12.9. The number of pyridine rings is 1. The summed E-state index contributed by atoms with van der Waals surface area (Å²) in [5.74, 6) is 0.0480. The Balaban J connectivity index is 2.15. The number of anilines is 1. The van der Waals surface area contributed by atoms with Gasteiger partial charge in [-0.05, 0) is 38.3 Å². The number of carbonyl (C=O) groups is 1. The van der Waals surface area contributed by atoms with E-state index in [1.807, 2.05) is 26.0 Å². The van der Waals surface area contributed by atoms with Crippen LogP contribution in [0.15, 0.2) is 18.3 Å². The Morgan fingerprint density at radius 3 is 2.89 bits per heavy atom. The van der Waals surface area contributed by atoms with Crippen molar-refractivity contribution in [3.63, 3.8) is 0 Å². The van der Waals surface area contributed by atoms with Gasteiger partial charge in [-0.25, -0.2) is 4.98 Å². The van der Waals surface area contributed by atoms with Crippen LogP contribution in [0.1, 0.15) is 38.2 Å². The predicted molar refractivity (Wildman–Crippen MR) is 70.6 cm³/mol. The van der Waals surface area contributed by atoms with E-state index in [0.29, 0.717) is 0 Å². The molecule has 0 radical (unpaired) electrons. The summed E-state index contributed by atoms with van der Waals surface area (Å²) in [5, 5.41) is 12.7. The number of carboxylic acid groups (broad SMARTS) is 1. The number of carboxylic acids is 1. The third-order valence-electron chi connectivity index (χ3n) is 3.93. The summed E-state index contributed by atoms with van der Waals surface area (Å²) in [5.41, 5.74) is 0.412. The van der Waals surface area contributed by atoms with E-state index in [9.17, 15) is 9.90 Å². The molecular formula is C14H20N2O2. The summed E-state index contributed by atoms with van der Waals surface area (Å²) in [7, 11) is 0. The van der Waals surface area contributed by atoms with Crippen LogP contribution < -0.4 is 5.32 Å². The Morgan fingerprint density at radius 1 is 1.50 bits per heavy atom. The molecule has 1 fully saturated rings. The maximum Gasteiger partial charge on any atom is 0.311 e. The van der Waals surface area contributed by atoms with Gasteiger partial charge < -0.3 is 10.4 Å². The van der Waals surface area contributed by atoms with Crippen LogP contribution in [0.2, 0.25) is 0 Å². The summed E-state index contributed by atoms with van der Waals surface area (Å²) in [6, 6.07) is 3.85. The summed E-state index contributed by atoms with van der Waals surface area (Å²) < 4.78 is 0. The Bertz CT molecular complexity index is 430. The molecule has 0 bridgehead atoms. The Morgan fingerprint density at radius 2 is 2.28 bits per heavy atom. The fourth-order valence-electron chi connectivity index (χ4n) is 2.55. The Kier molecular flexibility index (Phi) is 3.55. The van der Waals surface area contributed by atoms with E-state index < -0.39 is 11.4 Å². The van der Waals surface area contributed by atoms with Crippen LogP contribution in [-0.4, -0.2) is 22.1 Å². The van der Waals surface area contributed by atoms with Crippen molar-refractivity contribution in [3.05, 3.63) is 23.9 Å². The average molecular weight is 248 g/mol. The van der Waals surface area contributed by atoms with Gasteiger partial charge in [-0.2, -0.15) is 0 Å². The van der Waals surface area contributed by atoms with Crippen molar-refractivity contribution < 1.29 is 9.90 Å². The third-order valence-corrected chi connectivity index (χ3v) is 3.93. The van der Waals surface area contributed by atoms with Crippen LogP contribution in [0.3, 0.4) is 0 Å². The molecule has 1 aromatic heterocycles. The molecule has 0 spiro atoms. The second-order valence-corrected chi connectivity index (χ2v) is 5.39. The number of nitrogens with zero attached hydrogens (tertiary/aromatic N) is 1.